The number of rotatable bonds is 9. The van der Waals surface area contributed by atoms with E-state index < -0.39 is 0 Å². The van der Waals surface area contributed by atoms with Gasteiger partial charge in [0.15, 0.2) is 0 Å². The van der Waals surface area contributed by atoms with E-state index in [0.717, 1.165) is 37.0 Å². The number of hydrogen-bond acceptors (Lipinski definition) is 2. The van der Waals surface area contributed by atoms with Crippen LogP contribution in [0.5, 0.6) is 0 Å². The zero-order chi connectivity index (χ0) is 13.2. The molecule has 0 spiro atoms. The predicted octanol–water partition coefficient (Wildman–Crippen LogP) is 4.04. The summed E-state index contributed by atoms with van der Waals surface area (Å²) < 4.78 is 6.68. The lowest BCUT2D eigenvalue weighted by atomic mass is 10.1. The summed E-state index contributed by atoms with van der Waals surface area (Å²) in [7, 11) is 0. The summed E-state index contributed by atoms with van der Waals surface area (Å²) in [5.74, 6) is 0. The van der Waals surface area contributed by atoms with E-state index in [-0.39, 0.29) is 0 Å². The molecule has 2 nitrogen and oxygen atoms in total. The second kappa shape index (κ2) is 9.31. The van der Waals surface area contributed by atoms with Crippen LogP contribution in [-0.4, -0.2) is 13.2 Å². The van der Waals surface area contributed by atoms with Gasteiger partial charge in [-0.05, 0) is 36.6 Å². The maximum absolute atomic E-state index is 5.56. The van der Waals surface area contributed by atoms with Gasteiger partial charge in [-0.1, -0.05) is 41.1 Å². The quantitative estimate of drug-likeness (QED) is 0.549. The first kappa shape index (κ1) is 15.4. The molecule has 1 rings (SSSR count). The molecular formula is C15H22BrNO. The number of hydrogen-bond donors (Lipinski definition) is 1. The van der Waals surface area contributed by atoms with Crippen LogP contribution in [0, 0.1) is 0 Å². The van der Waals surface area contributed by atoms with Crippen molar-refractivity contribution in [2.45, 2.75) is 32.9 Å². The first-order chi connectivity index (χ1) is 8.77. The first-order valence-corrected chi connectivity index (χ1v) is 7.24. The molecule has 1 aromatic rings. The highest BCUT2D eigenvalue weighted by atomic mass is 79.9. The van der Waals surface area contributed by atoms with Gasteiger partial charge < -0.3 is 10.1 Å². The van der Waals surface area contributed by atoms with Crippen molar-refractivity contribution in [3.05, 3.63) is 46.5 Å². The Morgan fingerprint density at radius 2 is 2.28 bits per heavy atom. The van der Waals surface area contributed by atoms with Crippen LogP contribution in [0.1, 0.15) is 30.9 Å². The molecule has 3 heteroatoms. The normalized spacial score (nSPS) is 10.6. The van der Waals surface area contributed by atoms with E-state index in [4.69, 9.17) is 4.74 Å². The molecular weight excluding hydrogens is 290 g/mol. The molecule has 0 saturated heterocycles. The van der Waals surface area contributed by atoms with Crippen LogP contribution in [0.2, 0.25) is 0 Å². The summed E-state index contributed by atoms with van der Waals surface area (Å²) >= 11 is 3.60. The first-order valence-electron chi connectivity index (χ1n) is 6.44. The fourth-order valence-electron chi connectivity index (χ4n) is 1.58. The summed E-state index contributed by atoms with van der Waals surface area (Å²) in [6.07, 6.45) is 3.94. The molecule has 0 aliphatic carbocycles. The van der Waals surface area contributed by atoms with E-state index in [1.165, 1.54) is 11.1 Å². The molecule has 0 atom stereocenters. The highest BCUT2D eigenvalue weighted by molar-refractivity contribution is 9.10. The van der Waals surface area contributed by atoms with Crippen molar-refractivity contribution in [3.8, 4) is 0 Å². The van der Waals surface area contributed by atoms with E-state index in [1.807, 2.05) is 6.08 Å². The van der Waals surface area contributed by atoms with Crippen LogP contribution >= 0.6 is 15.9 Å². The standard InChI is InChI=1S/C15H22BrNO/c1-3-5-9-18-12-14-7-6-13(10-15(14)16)11-17-8-4-2/h3,6-7,10,17H,1,4-5,8-9,11-12H2,2H3. The summed E-state index contributed by atoms with van der Waals surface area (Å²) in [5, 5.41) is 3.39. The van der Waals surface area contributed by atoms with Crippen LogP contribution in [0.15, 0.2) is 35.3 Å². The van der Waals surface area contributed by atoms with Crippen molar-refractivity contribution >= 4 is 15.9 Å². The summed E-state index contributed by atoms with van der Waals surface area (Å²) in [6.45, 7) is 9.21. The lowest BCUT2D eigenvalue weighted by molar-refractivity contribution is 0.125. The minimum atomic E-state index is 0.650. The van der Waals surface area contributed by atoms with Crippen molar-refractivity contribution in [2.75, 3.05) is 13.2 Å². The van der Waals surface area contributed by atoms with E-state index in [9.17, 15) is 0 Å². The van der Waals surface area contributed by atoms with Crippen LogP contribution in [0.4, 0.5) is 0 Å². The minimum Gasteiger partial charge on any atom is -0.376 e. The van der Waals surface area contributed by atoms with Gasteiger partial charge in [0.1, 0.15) is 0 Å². The number of nitrogens with one attached hydrogen (secondary N) is 1. The lowest BCUT2D eigenvalue weighted by Gasteiger charge is -2.08. The topological polar surface area (TPSA) is 21.3 Å². The minimum absolute atomic E-state index is 0.650. The van der Waals surface area contributed by atoms with E-state index in [1.54, 1.807) is 0 Å². The van der Waals surface area contributed by atoms with Crippen molar-refractivity contribution in [2.24, 2.45) is 0 Å². The maximum atomic E-state index is 5.56. The molecule has 0 aliphatic rings. The molecule has 0 heterocycles. The second-order valence-electron chi connectivity index (χ2n) is 4.23. The Labute approximate surface area is 119 Å². The van der Waals surface area contributed by atoms with Crippen molar-refractivity contribution in [3.63, 3.8) is 0 Å². The van der Waals surface area contributed by atoms with Gasteiger partial charge in [0.05, 0.1) is 13.2 Å². The van der Waals surface area contributed by atoms with Gasteiger partial charge in [-0.2, -0.15) is 0 Å². The molecule has 18 heavy (non-hydrogen) atoms. The Morgan fingerprint density at radius 3 is 2.94 bits per heavy atom. The Kier molecular flexibility index (Phi) is 7.98. The molecule has 0 fully saturated rings. The Hall–Kier alpha value is -0.640. The largest absolute Gasteiger partial charge is 0.376 e. The summed E-state index contributed by atoms with van der Waals surface area (Å²) in [5.41, 5.74) is 2.49. The zero-order valence-electron chi connectivity index (χ0n) is 11.0. The number of ether oxygens (including phenoxy) is 1. The predicted molar refractivity (Wildman–Crippen MR) is 80.6 cm³/mol. The van der Waals surface area contributed by atoms with E-state index >= 15 is 0 Å². The van der Waals surface area contributed by atoms with Gasteiger partial charge in [0.25, 0.3) is 0 Å². The fraction of sp³-hybridized carbons (Fsp3) is 0.467. The molecule has 0 radical (unpaired) electrons. The monoisotopic (exact) mass is 311 g/mol. The summed E-state index contributed by atoms with van der Waals surface area (Å²) in [4.78, 5) is 0. The third-order valence-corrected chi connectivity index (χ3v) is 3.34. The second-order valence-corrected chi connectivity index (χ2v) is 5.09. The molecule has 1 N–H and O–H groups in total. The molecule has 0 amide bonds. The Morgan fingerprint density at radius 1 is 1.44 bits per heavy atom. The molecule has 0 unspecified atom stereocenters. The van der Waals surface area contributed by atoms with Crippen molar-refractivity contribution < 1.29 is 4.74 Å². The summed E-state index contributed by atoms with van der Waals surface area (Å²) in [6, 6.07) is 6.44. The van der Waals surface area contributed by atoms with Crippen LogP contribution in [-0.2, 0) is 17.9 Å². The maximum Gasteiger partial charge on any atom is 0.0727 e. The molecule has 0 aromatic heterocycles. The zero-order valence-corrected chi connectivity index (χ0v) is 12.6. The van der Waals surface area contributed by atoms with E-state index in [0.29, 0.717) is 6.61 Å². The average molecular weight is 312 g/mol. The van der Waals surface area contributed by atoms with Crippen molar-refractivity contribution in [1.82, 2.24) is 5.32 Å². The Balaban J connectivity index is 2.43. The fourth-order valence-corrected chi connectivity index (χ4v) is 2.12. The highest BCUT2D eigenvalue weighted by Crippen LogP contribution is 2.19. The molecule has 0 aliphatic heterocycles. The van der Waals surface area contributed by atoms with E-state index in [2.05, 4.69) is 52.9 Å². The van der Waals surface area contributed by atoms with Gasteiger partial charge >= 0.3 is 0 Å². The van der Waals surface area contributed by atoms with Gasteiger partial charge in [-0.15, -0.1) is 6.58 Å². The van der Waals surface area contributed by atoms with Crippen molar-refractivity contribution in [1.29, 1.82) is 0 Å². The lowest BCUT2D eigenvalue weighted by Crippen LogP contribution is -2.13. The van der Waals surface area contributed by atoms with Crippen LogP contribution in [0.3, 0.4) is 0 Å². The van der Waals surface area contributed by atoms with Gasteiger partial charge in [-0.25, -0.2) is 0 Å². The van der Waals surface area contributed by atoms with Crippen LogP contribution in [0.25, 0.3) is 0 Å². The molecule has 100 valence electrons. The number of benzene rings is 1. The highest BCUT2D eigenvalue weighted by Gasteiger charge is 2.01. The SMILES string of the molecule is C=CCCOCc1ccc(CNCCC)cc1Br. The smallest absolute Gasteiger partial charge is 0.0727 e. The Bertz CT molecular complexity index is 366. The average Bonchev–Trinajstić information content (AvgIpc) is 2.37. The molecule has 1 aromatic carbocycles. The van der Waals surface area contributed by atoms with Gasteiger partial charge in [0, 0.05) is 11.0 Å². The third kappa shape index (κ3) is 5.80. The van der Waals surface area contributed by atoms with Gasteiger partial charge in [0.2, 0.25) is 0 Å². The third-order valence-electron chi connectivity index (χ3n) is 2.60. The molecule has 0 bridgehead atoms. The van der Waals surface area contributed by atoms with Gasteiger partial charge in [-0.3, -0.25) is 0 Å². The number of halogens is 1. The van der Waals surface area contributed by atoms with Crippen LogP contribution < -0.4 is 5.32 Å². The molecule has 0 saturated carbocycles.